The first-order valence-corrected chi connectivity index (χ1v) is 6.46. The molecule has 0 saturated carbocycles. The zero-order valence-electron chi connectivity index (χ0n) is 11.5. The fraction of sp³-hybridized carbons (Fsp3) is 0.188. The lowest BCUT2D eigenvalue weighted by Crippen LogP contribution is -2.06. The number of rotatable bonds is 6. The Balaban J connectivity index is 2.29. The Morgan fingerprint density at radius 1 is 1.35 bits per heavy atom. The van der Waals surface area contributed by atoms with Gasteiger partial charge in [0.05, 0.1) is 12.2 Å². The third-order valence-corrected chi connectivity index (χ3v) is 2.86. The molecule has 0 aliphatic carbocycles. The molecule has 0 saturated heterocycles. The quantitative estimate of drug-likeness (QED) is 0.597. The van der Waals surface area contributed by atoms with Crippen molar-refractivity contribution in [3.63, 3.8) is 0 Å². The van der Waals surface area contributed by atoms with Gasteiger partial charge in [0.2, 0.25) is 0 Å². The highest BCUT2D eigenvalue weighted by Crippen LogP contribution is 2.12. The summed E-state index contributed by atoms with van der Waals surface area (Å²) >= 11 is 0. The Kier molecular flexibility index (Phi) is 4.60. The molecule has 0 amide bonds. The van der Waals surface area contributed by atoms with Crippen LogP contribution < -0.4 is 0 Å². The van der Waals surface area contributed by atoms with E-state index in [4.69, 9.17) is 0 Å². The van der Waals surface area contributed by atoms with E-state index in [9.17, 15) is 4.79 Å². The van der Waals surface area contributed by atoms with E-state index in [1.165, 1.54) is 13.0 Å². The van der Waals surface area contributed by atoms with Crippen LogP contribution in [0.1, 0.15) is 23.9 Å². The zero-order chi connectivity index (χ0) is 14.4. The molecule has 0 unspecified atom stereocenters. The minimum Gasteiger partial charge on any atom is -0.295 e. The van der Waals surface area contributed by atoms with E-state index in [1.54, 1.807) is 6.08 Å². The van der Waals surface area contributed by atoms with E-state index in [0.717, 1.165) is 17.0 Å². The fourth-order valence-electron chi connectivity index (χ4n) is 1.90. The lowest BCUT2D eigenvalue weighted by molar-refractivity contribution is -0.112. The van der Waals surface area contributed by atoms with Crippen molar-refractivity contribution in [2.45, 2.75) is 19.9 Å². The average molecular weight is 267 g/mol. The first-order chi connectivity index (χ1) is 9.70. The van der Waals surface area contributed by atoms with Crippen LogP contribution in [0.5, 0.6) is 0 Å². The van der Waals surface area contributed by atoms with Crippen molar-refractivity contribution in [1.29, 1.82) is 0 Å². The summed E-state index contributed by atoms with van der Waals surface area (Å²) in [6, 6.07) is 10.1. The van der Waals surface area contributed by atoms with Crippen molar-refractivity contribution in [2.75, 3.05) is 0 Å². The van der Waals surface area contributed by atoms with Crippen molar-refractivity contribution in [1.82, 2.24) is 15.0 Å². The van der Waals surface area contributed by atoms with Gasteiger partial charge in [-0.05, 0) is 24.6 Å². The van der Waals surface area contributed by atoms with E-state index >= 15 is 0 Å². The zero-order valence-corrected chi connectivity index (χ0v) is 11.5. The molecule has 0 aliphatic rings. The largest absolute Gasteiger partial charge is 0.295 e. The number of benzene rings is 1. The molecule has 20 heavy (non-hydrogen) atoms. The molecule has 1 aromatic heterocycles. The van der Waals surface area contributed by atoms with Gasteiger partial charge in [0, 0.05) is 6.42 Å². The summed E-state index contributed by atoms with van der Waals surface area (Å²) < 4.78 is 1.84. The molecule has 2 aromatic rings. The van der Waals surface area contributed by atoms with Gasteiger partial charge in [-0.15, -0.1) is 11.7 Å². The van der Waals surface area contributed by atoms with Crippen LogP contribution in [0.4, 0.5) is 0 Å². The first kappa shape index (κ1) is 13.9. The summed E-state index contributed by atoms with van der Waals surface area (Å²) in [4.78, 5) is 11.0. The summed E-state index contributed by atoms with van der Waals surface area (Å²) in [5.41, 5.74) is 2.84. The van der Waals surface area contributed by atoms with Crippen LogP contribution in [-0.2, 0) is 17.8 Å². The maximum atomic E-state index is 11.0. The number of hydrogen-bond acceptors (Lipinski definition) is 3. The number of ketones is 1. The van der Waals surface area contributed by atoms with E-state index in [1.807, 2.05) is 41.1 Å². The lowest BCUT2D eigenvalue weighted by atomic mass is 10.2. The number of carbonyl (C=O) groups excluding carboxylic acids is 1. The lowest BCUT2D eigenvalue weighted by Gasteiger charge is -2.05. The number of carbonyl (C=O) groups is 1. The molecular formula is C16H17N3O. The topological polar surface area (TPSA) is 47.8 Å². The van der Waals surface area contributed by atoms with Gasteiger partial charge < -0.3 is 0 Å². The van der Waals surface area contributed by atoms with Crippen LogP contribution in [-0.4, -0.2) is 20.8 Å². The van der Waals surface area contributed by atoms with Crippen molar-refractivity contribution in [3.8, 4) is 0 Å². The Morgan fingerprint density at radius 3 is 2.75 bits per heavy atom. The van der Waals surface area contributed by atoms with E-state index in [2.05, 4.69) is 16.9 Å². The average Bonchev–Trinajstić information content (AvgIpc) is 2.81. The fourth-order valence-corrected chi connectivity index (χ4v) is 1.90. The highest BCUT2D eigenvalue weighted by molar-refractivity contribution is 5.91. The minimum absolute atomic E-state index is 0.00726. The summed E-state index contributed by atoms with van der Waals surface area (Å²) in [7, 11) is 0. The van der Waals surface area contributed by atoms with Crippen molar-refractivity contribution >= 4 is 11.9 Å². The van der Waals surface area contributed by atoms with Crippen LogP contribution in [0.25, 0.3) is 6.08 Å². The molecular weight excluding hydrogens is 250 g/mol. The number of hydrogen-bond donors (Lipinski definition) is 0. The second-order valence-electron chi connectivity index (χ2n) is 4.50. The van der Waals surface area contributed by atoms with E-state index in [0.29, 0.717) is 13.0 Å². The highest BCUT2D eigenvalue weighted by Gasteiger charge is 2.09. The summed E-state index contributed by atoms with van der Waals surface area (Å²) in [5.74, 6) is -0.00726. The van der Waals surface area contributed by atoms with Crippen molar-refractivity contribution in [3.05, 3.63) is 66.0 Å². The van der Waals surface area contributed by atoms with Gasteiger partial charge in [-0.2, -0.15) is 0 Å². The molecule has 0 aliphatic heterocycles. The predicted molar refractivity (Wildman–Crippen MR) is 79.2 cm³/mol. The third kappa shape index (κ3) is 3.51. The Labute approximate surface area is 118 Å². The van der Waals surface area contributed by atoms with Crippen LogP contribution in [0, 0.1) is 0 Å². The van der Waals surface area contributed by atoms with Crippen LogP contribution in [0.2, 0.25) is 0 Å². The number of aromatic nitrogens is 3. The van der Waals surface area contributed by atoms with Crippen LogP contribution in [0.3, 0.4) is 0 Å². The molecule has 4 heteroatoms. The first-order valence-electron chi connectivity index (χ1n) is 6.46. The van der Waals surface area contributed by atoms with Gasteiger partial charge in [-0.3, -0.25) is 4.79 Å². The monoisotopic (exact) mass is 267 g/mol. The molecule has 1 heterocycles. The van der Waals surface area contributed by atoms with Crippen LogP contribution in [0.15, 0.2) is 49.1 Å². The van der Waals surface area contributed by atoms with Gasteiger partial charge >= 0.3 is 0 Å². The summed E-state index contributed by atoms with van der Waals surface area (Å²) in [6.45, 7) is 5.93. The molecule has 4 nitrogen and oxygen atoms in total. The Bertz CT molecular complexity index is 626. The normalized spacial score (nSPS) is 10.8. The molecule has 102 valence electrons. The highest BCUT2D eigenvalue weighted by atomic mass is 16.1. The summed E-state index contributed by atoms with van der Waals surface area (Å²) in [6.07, 6.45) is 5.68. The Morgan fingerprint density at radius 2 is 2.10 bits per heavy atom. The van der Waals surface area contributed by atoms with Gasteiger partial charge in [-0.1, -0.05) is 41.6 Å². The second kappa shape index (κ2) is 6.61. The molecule has 0 atom stereocenters. The maximum Gasteiger partial charge on any atom is 0.152 e. The Hall–Kier alpha value is -2.49. The maximum absolute atomic E-state index is 11.0. The molecule has 0 bridgehead atoms. The minimum atomic E-state index is -0.00726. The van der Waals surface area contributed by atoms with Crippen molar-refractivity contribution in [2.24, 2.45) is 0 Å². The van der Waals surface area contributed by atoms with Gasteiger partial charge in [0.1, 0.15) is 5.69 Å². The second-order valence-corrected chi connectivity index (χ2v) is 4.50. The van der Waals surface area contributed by atoms with Gasteiger partial charge in [0.25, 0.3) is 0 Å². The molecule has 0 N–H and O–H groups in total. The smallest absolute Gasteiger partial charge is 0.152 e. The number of nitrogens with zero attached hydrogens (tertiary/aromatic N) is 3. The van der Waals surface area contributed by atoms with Gasteiger partial charge in [-0.25, -0.2) is 4.68 Å². The third-order valence-electron chi connectivity index (χ3n) is 2.86. The molecule has 2 rings (SSSR count). The molecule has 0 radical (unpaired) electrons. The summed E-state index contributed by atoms with van der Waals surface area (Å²) in [5, 5.41) is 8.29. The van der Waals surface area contributed by atoms with Crippen molar-refractivity contribution < 1.29 is 4.79 Å². The van der Waals surface area contributed by atoms with Crippen LogP contribution >= 0.6 is 0 Å². The van der Waals surface area contributed by atoms with E-state index in [-0.39, 0.29) is 5.78 Å². The predicted octanol–water partition coefficient (Wildman–Crippen LogP) is 2.66. The molecule has 0 fully saturated rings. The molecule has 1 aromatic carbocycles. The number of allylic oxidation sites excluding steroid dienone is 2. The van der Waals surface area contributed by atoms with Gasteiger partial charge in [0.15, 0.2) is 5.78 Å². The van der Waals surface area contributed by atoms with E-state index < -0.39 is 0 Å². The standard InChI is InChI=1S/C16H17N3O/c1-3-7-16-15(11-10-13(2)20)17-18-19(16)12-14-8-5-4-6-9-14/h3-6,8-11H,1,7,12H2,2H3/b11-10+. The molecule has 0 spiro atoms. The SMILES string of the molecule is C=CCc1c(/C=C/C(C)=O)nnn1Cc1ccccc1.